The zero-order valence-corrected chi connectivity index (χ0v) is 37.5. The molecule has 0 aliphatic heterocycles. The lowest BCUT2D eigenvalue weighted by molar-refractivity contribution is -0.0285. The molecule has 14 heteroatoms. The summed E-state index contributed by atoms with van der Waals surface area (Å²) in [6.07, 6.45) is 18.5. The molecule has 0 unspecified atom stereocenters. The molecule has 0 spiro atoms. The van der Waals surface area contributed by atoms with Crippen LogP contribution in [-0.2, 0) is 56.8 Å². The second-order valence-electron chi connectivity index (χ2n) is 14.1. The number of hydrogen-bond donors (Lipinski definition) is 0. The molecule has 0 bridgehead atoms. The van der Waals surface area contributed by atoms with Gasteiger partial charge in [-0.1, -0.05) is 84.0 Å². The van der Waals surface area contributed by atoms with Crippen molar-refractivity contribution in [1.82, 2.24) is 0 Å². The minimum absolute atomic E-state index is 0.430. The molecular weight excluding hydrogens is 776 g/mol. The van der Waals surface area contributed by atoms with Crippen LogP contribution in [0.2, 0.25) is 0 Å². The Balaban J connectivity index is 1.61. The molecular formula is C46H84O14. The molecule has 0 N–H and O–H groups in total. The van der Waals surface area contributed by atoms with Gasteiger partial charge >= 0.3 is 0 Å². The van der Waals surface area contributed by atoms with Crippen molar-refractivity contribution in [3.8, 4) is 5.75 Å². The van der Waals surface area contributed by atoms with Crippen LogP contribution in [0.5, 0.6) is 5.75 Å². The summed E-state index contributed by atoms with van der Waals surface area (Å²) in [6.45, 7) is 15.5. The highest BCUT2D eigenvalue weighted by Crippen LogP contribution is 2.13. The summed E-state index contributed by atoms with van der Waals surface area (Å²) in [5.74, 6) is 0.705. The number of ether oxygens (including phenoxy) is 13. The van der Waals surface area contributed by atoms with E-state index in [2.05, 4.69) is 6.92 Å². The molecule has 14 nitrogen and oxygen atoms in total. The summed E-state index contributed by atoms with van der Waals surface area (Å²) >= 11 is 0. The average Bonchev–Trinajstić information content (AvgIpc) is 3.27. The topological polar surface area (TPSA) is 137 Å². The largest absolute Gasteiger partial charge is 0.491 e. The van der Waals surface area contributed by atoms with Crippen LogP contribution in [0.3, 0.4) is 0 Å². The Hall–Kier alpha value is -1.79. The molecule has 352 valence electrons. The van der Waals surface area contributed by atoms with E-state index in [9.17, 15) is 4.79 Å². The molecule has 1 rings (SSSR count). The van der Waals surface area contributed by atoms with Crippen molar-refractivity contribution in [3.05, 3.63) is 29.8 Å². The minimum Gasteiger partial charge on any atom is -0.491 e. The molecule has 0 aromatic heterocycles. The first-order chi connectivity index (χ1) is 29.9. The second-order valence-corrected chi connectivity index (χ2v) is 14.1. The normalized spacial score (nSPS) is 11.5. The maximum atomic E-state index is 10.7. The monoisotopic (exact) mass is 861 g/mol. The van der Waals surface area contributed by atoms with Gasteiger partial charge in [-0.15, -0.1) is 0 Å². The van der Waals surface area contributed by atoms with Gasteiger partial charge in [0.15, 0.2) is 0 Å². The van der Waals surface area contributed by atoms with Crippen LogP contribution in [0.4, 0.5) is 0 Å². The maximum absolute atomic E-state index is 10.7. The number of hydrogen-bond acceptors (Lipinski definition) is 14. The molecule has 0 saturated carbocycles. The van der Waals surface area contributed by atoms with E-state index in [0.29, 0.717) is 170 Å². The Morgan fingerprint density at radius 1 is 0.300 bits per heavy atom. The predicted octanol–water partition coefficient (Wildman–Crippen LogP) is 7.17. The lowest BCUT2D eigenvalue weighted by Crippen LogP contribution is -2.15. The van der Waals surface area contributed by atoms with E-state index >= 15 is 0 Å². The van der Waals surface area contributed by atoms with Crippen LogP contribution in [0.1, 0.15) is 101 Å². The van der Waals surface area contributed by atoms with Crippen LogP contribution >= 0.6 is 0 Å². The zero-order chi connectivity index (χ0) is 42.8. The molecule has 0 atom stereocenters. The smallest absolute Gasteiger partial charge is 0.150 e. The SMILES string of the molecule is CCCCCCCCCCCCCCCOCCOCCOCCOCCOCCOCCOCCOCCOCCOCCOCCOCCOc1ccc(C=O)cc1. The minimum atomic E-state index is 0.430. The Morgan fingerprint density at radius 3 is 0.800 bits per heavy atom. The van der Waals surface area contributed by atoms with Gasteiger partial charge in [0.1, 0.15) is 18.6 Å². The first kappa shape index (κ1) is 56.2. The zero-order valence-electron chi connectivity index (χ0n) is 37.5. The molecule has 0 aliphatic carbocycles. The van der Waals surface area contributed by atoms with Gasteiger partial charge in [-0.25, -0.2) is 0 Å². The molecule has 60 heavy (non-hydrogen) atoms. The summed E-state index contributed by atoms with van der Waals surface area (Å²) < 4.78 is 71.9. The maximum Gasteiger partial charge on any atom is 0.150 e. The molecule has 0 fully saturated rings. The van der Waals surface area contributed by atoms with Crippen molar-refractivity contribution in [2.24, 2.45) is 0 Å². The van der Waals surface area contributed by atoms with Gasteiger partial charge in [0.2, 0.25) is 0 Å². The van der Waals surface area contributed by atoms with E-state index in [-0.39, 0.29) is 0 Å². The quantitative estimate of drug-likeness (QED) is 0.0484. The molecule has 0 saturated heterocycles. The number of carbonyl (C=O) groups is 1. The lowest BCUT2D eigenvalue weighted by Gasteiger charge is -2.09. The van der Waals surface area contributed by atoms with Crippen molar-refractivity contribution < 1.29 is 66.4 Å². The molecule has 0 heterocycles. The first-order valence-electron chi connectivity index (χ1n) is 23.0. The second kappa shape index (κ2) is 49.9. The van der Waals surface area contributed by atoms with Crippen molar-refractivity contribution >= 4 is 6.29 Å². The Morgan fingerprint density at radius 2 is 0.533 bits per heavy atom. The van der Waals surface area contributed by atoms with Crippen LogP contribution in [0.25, 0.3) is 0 Å². The summed E-state index contributed by atoms with van der Waals surface area (Å²) in [7, 11) is 0. The van der Waals surface area contributed by atoms with E-state index in [0.717, 1.165) is 19.3 Å². The highest BCUT2D eigenvalue weighted by Gasteiger charge is 1.99. The van der Waals surface area contributed by atoms with Gasteiger partial charge in [-0.3, -0.25) is 4.79 Å². The molecule has 0 radical (unpaired) electrons. The van der Waals surface area contributed by atoms with E-state index < -0.39 is 0 Å². The van der Waals surface area contributed by atoms with E-state index in [1.807, 2.05) is 0 Å². The molecule has 1 aromatic rings. The van der Waals surface area contributed by atoms with Gasteiger partial charge in [0.25, 0.3) is 0 Å². The third-order valence-corrected chi connectivity index (χ3v) is 9.00. The third kappa shape index (κ3) is 44.3. The fourth-order valence-electron chi connectivity index (χ4n) is 5.60. The first-order valence-corrected chi connectivity index (χ1v) is 23.0. The molecule has 0 aliphatic rings. The summed E-state index contributed by atoms with van der Waals surface area (Å²) in [6, 6.07) is 6.95. The van der Waals surface area contributed by atoms with Crippen LogP contribution in [0, 0.1) is 0 Å². The number of aldehydes is 1. The third-order valence-electron chi connectivity index (χ3n) is 9.00. The van der Waals surface area contributed by atoms with Crippen molar-refractivity contribution in [3.63, 3.8) is 0 Å². The Bertz CT molecular complexity index is 957. The Kier molecular flexibility index (Phi) is 46.7. The fourth-order valence-corrected chi connectivity index (χ4v) is 5.60. The Labute approximate surface area is 363 Å². The van der Waals surface area contributed by atoms with E-state index in [1.165, 1.54) is 77.0 Å². The number of carbonyl (C=O) groups excluding carboxylic acids is 1. The number of benzene rings is 1. The van der Waals surface area contributed by atoms with Crippen molar-refractivity contribution in [2.75, 3.05) is 165 Å². The van der Waals surface area contributed by atoms with Gasteiger partial charge in [-0.05, 0) is 30.7 Å². The summed E-state index contributed by atoms with van der Waals surface area (Å²) in [5.41, 5.74) is 0.619. The van der Waals surface area contributed by atoms with Crippen LogP contribution in [-0.4, -0.2) is 171 Å². The van der Waals surface area contributed by atoms with E-state index in [1.54, 1.807) is 24.3 Å². The van der Waals surface area contributed by atoms with Gasteiger partial charge in [-0.2, -0.15) is 0 Å². The highest BCUT2D eigenvalue weighted by atomic mass is 16.6. The van der Waals surface area contributed by atoms with Crippen LogP contribution in [0.15, 0.2) is 24.3 Å². The molecule has 1 aromatic carbocycles. The van der Waals surface area contributed by atoms with Crippen LogP contribution < -0.4 is 4.74 Å². The van der Waals surface area contributed by atoms with Crippen molar-refractivity contribution in [2.45, 2.75) is 90.4 Å². The predicted molar refractivity (Wildman–Crippen MR) is 233 cm³/mol. The summed E-state index contributed by atoms with van der Waals surface area (Å²) in [4.78, 5) is 10.7. The average molecular weight is 861 g/mol. The van der Waals surface area contributed by atoms with E-state index in [4.69, 9.17) is 61.6 Å². The van der Waals surface area contributed by atoms with Gasteiger partial charge < -0.3 is 61.6 Å². The fraction of sp³-hybridized carbons (Fsp3) is 0.848. The number of rotatable bonds is 52. The summed E-state index contributed by atoms with van der Waals surface area (Å²) in [5, 5.41) is 0. The van der Waals surface area contributed by atoms with Gasteiger partial charge in [0.05, 0.1) is 152 Å². The van der Waals surface area contributed by atoms with Crippen molar-refractivity contribution in [1.29, 1.82) is 0 Å². The number of unbranched alkanes of at least 4 members (excludes halogenated alkanes) is 12. The standard InChI is InChI=1S/C46H84O14/c1-2-3-4-5-6-7-8-9-10-11-12-13-14-19-48-20-21-49-22-23-50-24-25-51-26-27-52-28-29-53-30-31-54-32-33-55-34-35-56-36-37-57-38-39-58-40-41-59-42-43-60-46-17-15-45(44-47)16-18-46/h15-18,44H,2-14,19-43H2,1H3. The highest BCUT2D eigenvalue weighted by molar-refractivity contribution is 5.74. The lowest BCUT2D eigenvalue weighted by atomic mass is 10.0. The van der Waals surface area contributed by atoms with Gasteiger partial charge in [0, 0.05) is 12.2 Å². The molecule has 0 amide bonds.